The van der Waals surface area contributed by atoms with Crippen LogP contribution in [0.1, 0.15) is 45.7 Å². The molecule has 3 heteroatoms. The first kappa shape index (κ1) is 16.4. The fraction of sp³-hybridized carbons (Fsp3) is 0.571. The second kappa shape index (κ2) is 6.39. The van der Waals surface area contributed by atoms with E-state index in [0.717, 1.165) is 5.56 Å². The second-order valence-corrected chi connectivity index (χ2v) is 5.45. The van der Waals surface area contributed by atoms with Crippen molar-refractivity contribution in [1.29, 1.82) is 0 Å². The second-order valence-electron chi connectivity index (χ2n) is 4.65. The summed E-state index contributed by atoms with van der Waals surface area (Å²) >= 11 is 3.23. The summed E-state index contributed by atoms with van der Waals surface area (Å²) in [5.41, 5.74) is 1.58. The number of rotatable bonds is 1. The van der Waals surface area contributed by atoms with Gasteiger partial charge in [0.25, 0.3) is 0 Å². The molecule has 1 rings (SSSR count). The van der Waals surface area contributed by atoms with Gasteiger partial charge in [-0.2, -0.15) is 0 Å². The monoisotopic (exact) mass is 304 g/mol. The van der Waals surface area contributed by atoms with E-state index in [1.54, 1.807) is 14.0 Å². The van der Waals surface area contributed by atoms with E-state index < -0.39 is 0 Å². The van der Waals surface area contributed by atoms with Crippen LogP contribution in [0.4, 0.5) is 4.39 Å². The molecule has 0 atom stereocenters. The molecule has 0 fully saturated rings. The molecule has 0 aliphatic heterocycles. The highest BCUT2D eigenvalue weighted by molar-refractivity contribution is 9.10. The molecule has 0 N–H and O–H groups in total. The largest absolute Gasteiger partial charge is 0.495 e. The molecule has 0 aliphatic rings. The first-order valence-corrected chi connectivity index (χ1v) is 6.61. The molecule has 98 valence electrons. The van der Waals surface area contributed by atoms with Crippen LogP contribution in [0.25, 0.3) is 0 Å². The van der Waals surface area contributed by atoms with E-state index in [1.165, 1.54) is 0 Å². The van der Waals surface area contributed by atoms with Gasteiger partial charge in [0.1, 0.15) is 11.6 Å². The summed E-state index contributed by atoms with van der Waals surface area (Å²) in [6.45, 7) is 12.0. The maximum atomic E-state index is 13.6. The number of ether oxygens (including phenoxy) is 1. The van der Waals surface area contributed by atoms with E-state index in [1.807, 2.05) is 19.9 Å². The van der Waals surface area contributed by atoms with Gasteiger partial charge in [0.05, 0.1) is 11.6 Å². The Morgan fingerprint density at radius 1 is 1.24 bits per heavy atom. The first-order valence-electron chi connectivity index (χ1n) is 5.82. The maximum absolute atomic E-state index is 13.6. The SMILES string of the molecule is CC.COc1c(C(C)(C)C)cc(C)c(F)c1Br. The summed E-state index contributed by atoms with van der Waals surface area (Å²) in [6, 6.07) is 1.85. The van der Waals surface area contributed by atoms with Crippen molar-refractivity contribution in [1.82, 2.24) is 0 Å². The molecule has 0 aliphatic carbocycles. The van der Waals surface area contributed by atoms with Gasteiger partial charge in [-0.25, -0.2) is 4.39 Å². The van der Waals surface area contributed by atoms with Gasteiger partial charge in [-0.05, 0) is 39.9 Å². The van der Waals surface area contributed by atoms with Crippen LogP contribution in [0.2, 0.25) is 0 Å². The molecule has 0 radical (unpaired) electrons. The quantitative estimate of drug-likeness (QED) is 0.690. The Hall–Kier alpha value is -0.570. The summed E-state index contributed by atoms with van der Waals surface area (Å²) in [7, 11) is 1.56. The molecule has 1 aromatic carbocycles. The number of methoxy groups -OCH3 is 1. The molecule has 0 heterocycles. The topological polar surface area (TPSA) is 9.23 Å². The molecule has 0 saturated carbocycles. The smallest absolute Gasteiger partial charge is 0.144 e. The normalized spacial score (nSPS) is 10.6. The van der Waals surface area contributed by atoms with Crippen LogP contribution in [-0.2, 0) is 5.41 Å². The number of aryl methyl sites for hydroxylation is 1. The molecular weight excluding hydrogens is 283 g/mol. The van der Waals surface area contributed by atoms with E-state index in [4.69, 9.17) is 4.74 Å². The minimum atomic E-state index is -0.250. The molecule has 0 saturated heterocycles. The Labute approximate surface area is 113 Å². The summed E-state index contributed by atoms with van der Waals surface area (Å²) < 4.78 is 19.3. The van der Waals surface area contributed by atoms with Gasteiger partial charge in [-0.1, -0.05) is 34.6 Å². The van der Waals surface area contributed by atoms with Gasteiger partial charge in [-0.15, -0.1) is 0 Å². The van der Waals surface area contributed by atoms with E-state index in [2.05, 4.69) is 36.7 Å². The predicted molar refractivity (Wildman–Crippen MR) is 75.4 cm³/mol. The minimum absolute atomic E-state index is 0.0632. The van der Waals surface area contributed by atoms with Crippen molar-refractivity contribution in [2.24, 2.45) is 0 Å². The molecule has 0 amide bonds. The third-order valence-corrected chi connectivity index (χ3v) is 3.06. The summed E-state index contributed by atoms with van der Waals surface area (Å²) in [5, 5.41) is 0. The van der Waals surface area contributed by atoms with E-state index >= 15 is 0 Å². The van der Waals surface area contributed by atoms with Gasteiger partial charge in [-0.3, -0.25) is 0 Å². The van der Waals surface area contributed by atoms with E-state index in [0.29, 0.717) is 15.8 Å². The van der Waals surface area contributed by atoms with Gasteiger partial charge in [0.15, 0.2) is 0 Å². The molecule has 0 aromatic heterocycles. The van der Waals surface area contributed by atoms with Crippen LogP contribution in [-0.4, -0.2) is 7.11 Å². The van der Waals surface area contributed by atoms with Gasteiger partial charge >= 0.3 is 0 Å². The van der Waals surface area contributed by atoms with Crippen LogP contribution in [0.5, 0.6) is 5.75 Å². The maximum Gasteiger partial charge on any atom is 0.144 e. The highest BCUT2D eigenvalue weighted by Gasteiger charge is 2.23. The third-order valence-electron chi connectivity index (χ3n) is 2.36. The zero-order chi connectivity index (χ0) is 13.8. The van der Waals surface area contributed by atoms with Crippen molar-refractivity contribution in [3.8, 4) is 5.75 Å². The van der Waals surface area contributed by atoms with Gasteiger partial charge in [0.2, 0.25) is 0 Å². The van der Waals surface area contributed by atoms with Crippen LogP contribution in [0, 0.1) is 12.7 Å². The number of benzene rings is 1. The average Bonchev–Trinajstić information content (AvgIpc) is 2.27. The fourth-order valence-electron chi connectivity index (χ4n) is 1.49. The van der Waals surface area contributed by atoms with Crippen molar-refractivity contribution in [3.05, 3.63) is 27.5 Å². The van der Waals surface area contributed by atoms with E-state index in [9.17, 15) is 4.39 Å². The lowest BCUT2D eigenvalue weighted by molar-refractivity contribution is 0.390. The highest BCUT2D eigenvalue weighted by Crippen LogP contribution is 2.39. The lowest BCUT2D eigenvalue weighted by atomic mass is 9.85. The first-order chi connectivity index (χ1) is 7.79. The molecule has 0 spiro atoms. The Morgan fingerprint density at radius 2 is 1.71 bits per heavy atom. The lowest BCUT2D eigenvalue weighted by Crippen LogP contribution is -2.14. The Balaban J connectivity index is 0.00000121. The predicted octanol–water partition coefficient (Wildman–Crippen LogP) is 5.23. The molecule has 17 heavy (non-hydrogen) atoms. The Bertz CT molecular complexity index is 381. The standard InChI is InChI=1S/C12H16BrFO.C2H6/c1-7-6-8(12(2,3)4)11(15-5)9(13)10(7)14;1-2/h6H,1-5H3;1-2H3. The molecular formula is C14H22BrFO. The molecule has 1 aromatic rings. The summed E-state index contributed by atoms with van der Waals surface area (Å²) in [5.74, 6) is 0.338. The minimum Gasteiger partial charge on any atom is -0.495 e. The lowest BCUT2D eigenvalue weighted by Gasteiger charge is -2.24. The fourth-order valence-corrected chi connectivity index (χ4v) is 2.18. The number of hydrogen-bond donors (Lipinski definition) is 0. The van der Waals surface area contributed by atoms with Crippen LogP contribution in [0.15, 0.2) is 10.5 Å². The third kappa shape index (κ3) is 3.70. The van der Waals surface area contributed by atoms with Crippen LogP contribution < -0.4 is 4.74 Å². The van der Waals surface area contributed by atoms with Gasteiger partial charge < -0.3 is 4.74 Å². The van der Waals surface area contributed by atoms with Crippen molar-refractivity contribution in [2.75, 3.05) is 7.11 Å². The van der Waals surface area contributed by atoms with Crippen molar-refractivity contribution >= 4 is 15.9 Å². The Morgan fingerprint density at radius 3 is 2.06 bits per heavy atom. The summed E-state index contributed by atoms with van der Waals surface area (Å²) in [4.78, 5) is 0. The zero-order valence-corrected chi connectivity index (χ0v) is 13.3. The molecule has 1 nitrogen and oxygen atoms in total. The number of halogens is 2. The van der Waals surface area contributed by atoms with Crippen molar-refractivity contribution in [3.63, 3.8) is 0 Å². The highest BCUT2D eigenvalue weighted by atomic mass is 79.9. The molecule has 0 bridgehead atoms. The van der Waals surface area contributed by atoms with Crippen LogP contribution >= 0.6 is 15.9 Å². The Kier molecular flexibility index (Phi) is 6.17. The van der Waals surface area contributed by atoms with Crippen LogP contribution in [0.3, 0.4) is 0 Å². The van der Waals surface area contributed by atoms with Crippen molar-refractivity contribution in [2.45, 2.75) is 47.0 Å². The summed E-state index contributed by atoms with van der Waals surface area (Å²) in [6.07, 6.45) is 0. The molecule has 0 unspecified atom stereocenters. The zero-order valence-electron chi connectivity index (χ0n) is 11.7. The van der Waals surface area contributed by atoms with E-state index in [-0.39, 0.29) is 11.2 Å². The van der Waals surface area contributed by atoms with Gasteiger partial charge in [0, 0.05) is 5.56 Å². The van der Waals surface area contributed by atoms with Crippen molar-refractivity contribution < 1.29 is 9.13 Å². The average molecular weight is 305 g/mol. The number of hydrogen-bond acceptors (Lipinski definition) is 1.